The van der Waals surface area contributed by atoms with E-state index in [0.29, 0.717) is 19.5 Å². The van der Waals surface area contributed by atoms with Gasteiger partial charge in [0.25, 0.3) is 0 Å². The van der Waals surface area contributed by atoms with E-state index in [-0.39, 0.29) is 6.10 Å². The summed E-state index contributed by atoms with van der Waals surface area (Å²) in [7, 11) is 1.71. The van der Waals surface area contributed by atoms with Crippen molar-refractivity contribution < 1.29 is 9.47 Å². The van der Waals surface area contributed by atoms with Gasteiger partial charge in [-0.15, -0.1) is 0 Å². The van der Waals surface area contributed by atoms with Crippen molar-refractivity contribution in [2.75, 3.05) is 20.6 Å². The van der Waals surface area contributed by atoms with Crippen molar-refractivity contribution in [3.8, 4) is 0 Å². The lowest BCUT2D eigenvalue weighted by atomic mass is 10.0. The molecular weight excluding hydrogens is 190 g/mol. The van der Waals surface area contributed by atoms with Crippen molar-refractivity contribution in [3.63, 3.8) is 0 Å². The van der Waals surface area contributed by atoms with Gasteiger partial charge in [-0.2, -0.15) is 0 Å². The van der Waals surface area contributed by atoms with Gasteiger partial charge in [0.2, 0.25) is 0 Å². The molecule has 3 heteroatoms. The second-order valence-electron chi connectivity index (χ2n) is 3.87. The minimum atomic E-state index is 0.168. The molecule has 1 fully saturated rings. The summed E-state index contributed by atoms with van der Waals surface area (Å²) in [6.07, 6.45) is 0.168. The molecule has 1 aliphatic rings. The lowest BCUT2D eigenvalue weighted by Gasteiger charge is -2.20. The monoisotopic (exact) mass is 207 g/mol. The van der Waals surface area contributed by atoms with Crippen LogP contribution in [0.25, 0.3) is 0 Å². The molecule has 82 valence electrons. The summed E-state index contributed by atoms with van der Waals surface area (Å²) in [6.45, 7) is 3.45. The zero-order valence-corrected chi connectivity index (χ0v) is 9.22. The SMILES string of the molecule is COCN1CO[C@@H](c2ccccc2)[C@H]1C. The molecule has 0 bridgehead atoms. The van der Waals surface area contributed by atoms with Gasteiger partial charge in [0.1, 0.15) is 13.5 Å². The number of hydrogen-bond donors (Lipinski definition) is 0. The zero-order valence-electron chi connectivity index (χ0n) is 9.22. The van der Waals surface area contributed by atoms with Gasteiger partial charge >= 0.3 is 0 Å². The van der Waals surface area contributed by atoms with Gasteiger partial charge in [0, 0.05) is 13.2 Å². The number of rotatable bonds is 3. The maximum absolute atomic E-state index is 5.76. The summed E-state index contributed by atoms with van der Waals surface area (Å²) in [4.78, 5) is 2.18. The van der Waals surface area contributed by atoms with Crippen LogP contribution in [0.1, 0.15) is 18.6 Å². The third-order valence-electron chi connectivity index (χ3n) is 2.86. The standard InChI is InChI=1S/C12H17NO2/c1-10-12(11-6-4-3-5-7-11)15-9-13(10)8-14-2/h3-7,10,12H,8-9H2,1-2H3/t10-,12-/m1/s1. The summed E-state index contributed by atoms with van der Waals surface area (Å²) in [5.41, 5.74) is 1.24. The van der Waals surface area contributed by atoms with Crippen molar-refractivity contribution in [2.24, 2.45) is 0 Å². The van der Waals surface area contributed by atoms with E-state index in [2.05, 4.69) is 24.0 Å². The van der Waals surface area contributed by atoms with Gasteiger partial charge in [-0.05, 0) is 12.5 Å². The van der Waals surface area contributed by atoms with E-state index in [1.807, 2.05) is 18.2 Å². The first-order valence-corrected chi connectivity index (χ1v) is 5.22. The van der Waals surface area contributed by atoms with Gasteiger partial charge in [-0.1, -0.05) is 30.3 Å². The number of ether oxygens (including phenoxy) is 2. The van der Waals surface area contributed by atoms with Gasteiger partial charge in [0.05, 0.1) is 6.10 Å². The van der Waals surface area contributed by atoms with E-state index in [9.17, 15) is 0 Å². The highest BCUT2D eigenvalue weighted by molar-refractivity contribution is 5.19. The second kappa shape index (κ2) is 4.75. The first-order chi connectivity index (χ1) is 7.33. The molecule has 1 aromatic carbocycles. The van der Waals surface area contributed by atoms with Crippen molar-refractivity contribution in [3.05, 3.63) is 35.9 Å². The van der Waals surface area contributed by atoms with Crippen LogP contribution in [-0.2, 0) is 9.47 Å². The van der Waals surface area contributed by atoms with Gasteiger partial charge in [0.15, 0.2) is 0 Å². The Labute approximate surface area is 90.6 Å². The molecule has 0 N–H and O–H groups in total. The molecule has 0 spiro atoms. The van der Waals surface area contributed by atoms with Crippen LogP contribution in [0.3, 0.4) is 0 Å². The van der Waals surface area contributed by atoms with E-state index in [4.69, 9.17) is 9.47 Å². The third-order valence-corrected chi connectivity index (χ3v) is 2.86. The minimum Gasteiger partial charge on any atom is -0.369 e. The molecule has 2 rings (SSSR count). The average Bonchev–Trinajstić information content (AvgIpc) is 2.63. The number of methoxy groups -OCH3 is 1. The van der Waals surface area contributed by atoms with E-state index in [1.165, 1.54) is 5.56 Å². The van der Waals surface area contributed by atoms with Crippen LogP contribution in [0.5, 0.6) is 0 Å². The fourth-order valence-corrected chi connectivity index (χ4v) is 1.96. The predicted molar refractivity (Wildman–Crippen MR) is 58.3 cm³/mol. The quantitative estimate of drug-likeness (QED) is 0.756. The number of nitrogens with zero attached hydrogens (tertiary/aromatic N) is 1. The summed E-state index contributed by atoms with van der Waals surface area (Å²) in [5, 5.41) is 0. The molecule has 0 unspecified atom stereocenters. The Bertz CT molecular complexity index is 302. The highest BCUT2D eigenvalue weighted by atomic mass is 16.5. The van der Waals surface area contributed by atoms with Crippen LogP contribution in [0, 0.1) is 0 Å². The van der Waals surface area contributed by atoms with Gasteiger partial charge in [-0.25, -0.2) is 0 Å². The summed E-state index contributed by atoms with van der Waals surface area (Å²) < 4.78 is 10.9. The molecule has 0 aliphatic carbocycles. The summed E-state index contributed by atoms with van der Waals surface area (Å²) in [6, 6.07) is 10.7. The topological polar surface area (TPSA) is 21.7 Å². The molecule has 1 heterocycles. The first kappa shape index (κ1) is 10.6. The van der Waals surface area contributed by atoms with Crippen molar-refractivity contribution >= 4 is 0 Å². The minimum absolute atomic E-state index is 0.168. The summed E-state index contributed by atoms with van der Waals surface area (Å²) in [5.74, 6) is 0. The fraction of sp³-hybridized carbons (Fsp3) is 0.500. The highest BCUT2D eigenvalue weighted by Crippen LogP contribution is 2.30. The maximum atomic E-state index is 5.76. The van der Waals surface area contributed by atoms with E-state index in [0.717, 1.165) is 0 Å². The first-order valence-electron chi connectivity index (χ1n) is 5.22. The normalized spacial score (nSPS) is 27.1. The van der Waals surface area contributed by atoms with Crippen LogP contribution >= 0.6 is 0 Å². The second-order valence-corrected chi connectivity index (χ2v) is 3.87. The van der Waals surface area contributed by atoms with Crippen molar-refractivity contribution in [1.29, 1.82) is 0 Å². The Hall–Kier alpha value is -0.900. The van der Waals surface area contributed by atoms with E-state index >= 15 is 0 Å². The largest absolute Gasteiger partial charge is 0.369 e. The fourth-order valence-electron chi connectivity index (χ4n) is 1.96. The average molecular weight is 207 g/mol. The number of hydrogen-bond acceptors (Lipinski definition) is 3. The molecule has 1 aromatic rings. The molecule has 0 aromatic heterocycles. The molecule has 2 atom stereocenters. The van der Waals surface area contributed by atoms with E-state index < -0.39 is 0 Å². The van der Waals surface area contributed by atoms with E-state index in [1.54, 1.807) is 7.11 Å². The van der Waals surface area contributed by atoms with Crippen LogP contribution in [0.4, 0.5) is 0 Å². The van der Waals surface area contributed by atoms with Gasteiger partial charge < -0.3 is 9.47 Å². The van der Waals surface area contributed by atoms with Crippen LogP contribution in [0.2, 0.25) is 0 Å². The molecule has 1 aliphatic heterocycles. The third kappa shape index (κ3) is 2.20. The molecule has 0 saturated carbocycles. The number of benzene rings is 1. The lowest BCUT2D eigenvalue weighted by Crippen LogP contribution is -2.31. The van der Waals surface area contributed by atoms with Gasteiger partial charge in [-0.3, -0.25) is 4.90 Å². The molecule has 1 saturated heterocycles. The molecule has 3 nitrogen and oxygen atoms in total. The van der Waals surface area contributed by atoms with Crippen LogP contribution in [-0.4, -0.2) is 31.5 Å². The Kier molecular flexibility index (Phi) is 3.36. The van der Waals surface area contributed by atoms with Crippen molar-refractivity contribution in [2.45, 2.75) is 19.1 Å². The Morgan fingerprint density at radius 2 is 2.13 bits per heavy atom. The molecule has 0 radical (unpaired) electrons. The van der Waals surface area contributed by atoms with Crippen LogP contribution < -0.4 is 0 Å². The molecule has 15 heavy (non-hydrogen) atoms. The molecule has 0 amide bonds. The Balaban J connectivity index is 2.07. The molecular formula is C12H17NO2. The highest BCUT2D eigenvalue weighted by Gasteiger charge is 2.32. The Morgan fingerprint density at radius 3 is 2.80 bits per heavy atom. The lowest BCUT2D eigenvalue weighted by molar-refractivity contribution is 0.0294. The predicted octanol–water partition coefficient (Wildman–Crippen LogP) is 2.01. The maximum Gasteiger partial charge on any atom is 0.102 e. The van der Waals surface area contributed by atoms with Crippen molar-refractivity contribution in [1.82, 2.24) is 4.90 Å². The summed E-state index contributed by atoms with van der Waals surface area (Å²) >= 11 is 0. The Morgan fingerprint density at radius 1 is 1.40 bits per heavy atom. The smallest absolute Gasteiger partial charge is 0.102 e. The van der Waals surface area contributed by atoms with Crippen LogP contribution in [0.15, 0.2) is 30.3 Å². The zero-order chi connectivity index (χ0) is 10.7.